The Kier molecular flexibility index (Phi) is 5.79. The molecule has 0 saturated carbocycles. The van der Waals surface area contributed by atoms with Crippen LogP contribution in [0.1, 0.15) is 13.3 Å². The van der Waals surface area contributed by atoms with Gasteiger partial charge in [-0.2, -0.15) is 0 Å². The van der Waals surface area contributed by atoms with Gasteiger partial charge in [-0.3, -0.25) is 0 Å². The summed E-state index contributed by atoms with van der Waals surface area (Å²) >= 11 is 0. The first-order chi connectivity index (χ1) is 4.81. The molecule has 0 aliphatic rings. The molecule has 10 heavy (non-hydrogen) atoms. The topological polar surface area (TPSA) is 20.2 Å². The average molecular weight is 138 g/mol. The Labute approximate surface area is 62.4 Å². The van der Waals surface area contributed by atoms with Crippen LogP contribution in [-0.2, 0) is 0 Å². The highest BCUT2D eigenvalue weighted by molar-refractivity contribution is 5.16. The fourth-order valence-electron chi connectivity index (χ4n) is 0.613. The van der Waals surface area contributed by atoms with Gasteiger partial charge in [0.15, 0.2) is 0 Å². The fraction of sp³-hybridized carbons (Fsp3) is 0.333. The summed E-state index contributed by atoms with van der Waals surface area (Å²) in [6.07, 6.45) is 8.36. The number of hydrogen-bond acceptors (Lipinski definition) is 1. The van der Waals surface area contributed by atoms with Gasteiger partial charge in [-0.25, -0.2) is 0 Å². The highest BCUT2D eigenvalue weighted by atomic mass is 16.2. The van der Waals surface area contributed by atoms with Crippen molar-refractivity contribution in [2.24, 2.45) is 0 Å². The van der Waals surface area contributed by atoms with E-state index in [0.29, 0.717) is 0 Å². The SMILES string of the molecule is C=C(C=CC)CC=CCO. The molecular weight excluding hydrogens is 124 g/mol. The normalized spacial score (nSPS) is 11.4. The third kappa shape index (κ3) is 5.32. The summed E-state index contributed by atoms with van der Waals surface area (Å²) in [5.41, 5.74) is 1.06. The lowest BCUT2D eigenvalue weighted by atomic mass is 10.2. The largest absolute Gasteiger partial charge is 0.392 e. The highest BCUT2D eigenvalue weighted by Gasteiger charge is 1.80. The second kappa shape index (κ2) is 6.30. The summed E-state index contributed by atoms with van der Waals surface area (Å²) < 4.78 is 0. The van der Waals surface area contributed by atoms with Gasteiger partial charge >= 0.3 is 0 Å². The van der Waals surface area contributed by atoms with E-state index in [-0.39, 0.29) is 6.61 Å². The number of aliphatic hydroxyl groups is 1. The maximum atomic E-state index is 8.37. The molecule has 0 fully saturated rings. The van der Waals surface area contributed by atoms with Gasteiger partial charge in [0, 0.05) is 0 Å². The number of hydrogen-bond donors (Lipinski definition) is 1. The van der Waals surface area contributed by atoms with Crippen LogP contribution in [0.4, 0.5) is 0 Å². The molecule has 1 N–H and O–H groups in total. The van der Waals surface area contributed by atoms with E-state index in [1.54, 1.807) is 6.08 Å². The van der Waals surface area contributed by atoms with E-state index in [0.717, 1.165) is 12.0 Å². The maximum absolute atomic E-state index is 8.37. The Bertz CT molecular complexity index is 143. The Morgan fingerprint density at radius 3 is 2.70 bits per heavy atom. The minimum Gasteiger partial charge on any atom is -0.392 e. The summed E-state index contributed by atoms with van der Waals surface area (Å²) in [6.45, 7) is 5.87. The van der Waals surface area contributed by atoms with Gasteiger partial charge in [0.2, 0.25) is 0 Å². The molecule has 0 aromatic heterocycles. The molecule has 0 aromatic carbocycles. The van der Waals surface area contributed by atoms with E-state index in [9.17, 15) is 0 Å². The van der Waals surface area contributed by atoms with Crippen LogP contribution < -0.4 is 0 Å². The Morgan fingerprint density at radius 2 is 2.20 bits per heavy atom. The molecule has 0 rings (SSSR count). The van der Waals surface area contributed by atoms with Crippen molar-refractivity contribution in [3.8, 4) is 0 Å². The van der Waals surface area contributed by atoms with E-state index in [4.69, 9.17) is 5.11 Å². The van der Waals surface area contributed by atoms with Crippen molar-refractivity contribution in [2.45, 2.75) is 13.3 Å². The Morgan fingerprint density at radius 1 is 1.50 bits per heavy atom. The van der Waals surface area contributed by atoms with Crippen molar-refractivity contribution in [2.75, 3.05) is 6.61 Å². The predicted molar refractivity (Wildman–Crippen MR) is 44.8 cm³/mol. The van der Waals surface area contributed by atoms with Gasteiger partial charge in [-0.1, -0.05) is 36.5 Å². The zero-order chi connectivity index (χ0) is 7.82. The third-order valence-electron chi connectivity index (χ3n) is 1.05. The van der Waals surface area contributed by atoms with Crippen LogP contribution in [-0.4, -0.2) is 11.7 Å². The average Bonchev–Trinajstić information content (AvgIpc) is 1.89. The highest BCUT2D eigenvalue weighted by Crippen LogP contribution is 1.99. The lowest BCUT2D eigenvalue weighted by Gasteiger charge is -1.90. The van der Waals surface area contributed by atoms with Crippen molar-refractivity contribution < 1.29 is 5.11 Å². The maximum Gasteiger partial charge on any atom is 0.0612 e. The molecule has 1 heteroatoms. The molecule has 0 saturated heterocycles. The number of aliphatic hydroxyl groups excluding tert-OH is 1. The van der Waals surface area contributed by atoms with Gasteiger partial charge in [0.1, 0.15) is 0 Å². The van der Waals surface area contributed by atoms with E-state index in [2.05, 4.69) is 6.58 Å². The molecule has 0 unspecified atom stereocenters. The second-order valence-electron chi connectivity index (χ2n) is 2.02. The number of rotatable bonds is 4. The van der Waals surface area contributed by atoms with Crippen molar-refractivity contribution in [3.05, 3.63) is 36.5 Å². The monoisotopic (exact) mass is 138 g/mol. The molecule has 0 amide bonds. The zero-order valence-corrected chi connectivity index (χ0v) is 6.38. The lowest BCUT2D eigenvalue weighted by molar-refractivity contribution is 0.342. The Hall–Kier alpha value is -0.820. The molecule has 0 heterocycles. The third-order valence-corrected chi connectivity index (χ3v) is 1.05. The fourth-order valence-corrected chi connectivity index (χ4v) is 0.613. The van der Waals surface area contributed by atoms with Crippen LogP contribution in [0.25, 0.3) is 0 Å². The first-order valence-corrected chi connectivity index (χ1v) is 3.37. The van der Waals surface area contributed by atoms with Gasteiger partial charge in [-0.15, -0.1) is 0 Å². The predicted octanol–water partition coefficient (Wildman–Crippen LogP) is 2.06. The van der Waals surface area contributed by atoms with Crippen molar-refractivity contribution in [1.29, 1.82) is 0 Å². The molecular formula is C9H14O. The summed E-state index contributed by atoms with van der Waals surface area (Å²) in [7, 11) is 0. The zero-order valence-electron chi connectivity index (χ0n) is 6.38. The van der Waals surface area contributed by atoms with Gasteiger partial charge in [0.25, 0.3) is 0 Å². The number of allylic oxidation sites excluding steroid dienone is 4. The standard InChI is InChI=1S/C9H14O/c1-3-6-9(2)7-4-5-8-10/h3-6,10H,2,7-8H2,1H3. The summed E-state index contributed by atoms with van der Waals surface area (Å²) in [5, 5.41) is 8.37. The molecule has 0 spiro atoms. The van der Waals surface area contributed by atoms with E-state index in [1.165, 1.54) is 0 Å². The molecule has 0 atom stereocenters. The van der Waals surface area contributed by atoms with Crippen LogP contribution in [0.5, 0.6) is 0 Å². The van der Waals surface area contributed by atoms with Crippen molar-refractivity contribution >= 4 is 0 Å². The summed E-state index contributed by atoms with van der Waals surface area (Å²) in [5.74, 6) is 0. The Balaban J connectivity index is 3.49. The first kappa shape index (κ1) is 9.18. The smallest absolute Gasteiger partial charge is 0.0612 e. The van der Waals surface area contributed by atoms with Crippen LogP contribution in [0.3, 0.4) is 0 Å². The molecule has 0 aliphatic carbocycles. The van der Waals surface area contributed by atoms with Crippen molar-refractivity contribution in [3.63, 3.8) is 0 Å². The van der Waals surface area contributed by atoms with Gasteiger partial charge < -0.3 is 5.11 Å². The molecule has 0 radical (unpaired) electrons. The van der Waals surface area contributed by atoms with Crippen molar-refractivity contribution in [1.82, 2.24) is 0 Å². The molecule has 0 bridgehead atoms. The van der Waals surface area contributed by atoms with E-state index >= 15 is 0 Å². The van der Waals surface area contributed by atoms with E-state index < -0.39 is 0 Å². The van der Waals surface area contributed by atoms with E-state index in [1.807, 2.05) is 25.2 Å². The summed E-state index contributed by atoms with van der Waals surface area (Å²) in [6, 6.07) is 0. The minimum atomic E-state index is 0.114. The minimum absolute atomic E-state index is 0.114. The molecule has 56 valence electrons. The molecule has 1 nitrogen and oxygen atoms in total. The molecule has 0 aliphatic heterocycles. The second-order valence-corrected chi connectivity index (χ2v) is 2.02. The van der Waals surface area contributed by atoms with Crippen LogP contribution >= 0.6 is 0 Å². The quantitative estimate of drug-likeness (QED) is 0.465. The van der Waals surface area contributed by atoms with Crippen LogP contribution in [0, 0.1) is 0 Å². The van der Waals surface area contributed by atoms with Gasteiger partial charge in [-0.05, 0) is 13.3 Å². The van der Waals surface area contributed by atoms with Gasteiger partial charge in [0.05, 0.1) is 6.61 Å². The van der Waals surface area contributed by atoms with Crippen LogP contribution in [0.2, 0.25) is 0 Å². The lowest BCUT2D eigenvalue weighted by Crippen LogP contribution is -1.73. The van der Waals surface area contributed by atoms with Crippen LogP contribution in [0.15, 0.2) is 36.5 Å². The summed E-state index contributed by atoms with van der Waals surface area (Å²) in [4.78, 5) is 0. The molecule has 0 aromatic rings. The first-order valence-electron chi connectivity index (χ1n) is 3.37.